The Bertz CT molecular complexity index is 760. The molecule has 0 radical (unpaired) electrons. The summed E-state index contributed by atoms with van der Waals surface area (Å²) in [7, 11) is 0. The summed E-state index contributed by atoms with van der Waals surface area (Å²) in [6.45, 7) is 1.96. The molecular weight excluding hydrogens is 243 g/mol. The lowest BCUT2D eigenvalue weighted by atomic mass is 10.0. The van der Waals surface area contributed by atoms with Gasteiger partial charge >= 0.3 is 0 Å². The van der Waals surface area contributed by atoms with Gasteiger partial charge in [-0.05, 0) is 36.2 Å². The van der Waals surface area contributed by atoms with Crippen molar-refractivity contribution in [3.8, 4) is 11.1 Å². The molecule has 19 heavy (non-hydrogen) atoms. The fourth-order valence-corrected chi connectivity index (χ4v) is 2.16. The van der Waals surface area contributed by atoms with Crippen molar-refractivity contribution in [2.75, 3.05) is 0 Å². The monoisotopic (exact) mass is 254 g/mol. The van der Waals surface area contributed by atoms with Crippen LogP contribution in [0.1, 0.15) is 16.1 Å². The maximum atomic E-state index is 13.0. The largest absolute Gasteiger partial charge is 0.296 e. The first-order valence-corrected chi connectivity index (χ1v) is 5.89. The molecule has 94 valence electrons. The van der Waals surface area contributed by atoms with Gasteiger partial charge in [-0.1, -0.05) is 18.2 Å². The molecule has 3 rings (SSSR count). The first kappa shape index (κ1) is 11.6. The molecule has 0 saturated carbocycles. The van der Waals surface area contributed by atoms with Gasteiger partial charge in [-0.2, -0.15) is 5.10 Å². The SMILES string of the molecule is Cc1ccc2c(-c3ccc(F)cc3)c(C=O)nn2c1. The highest BCUT2D eigenvalue weighted by Gasteiger charge is 2.14. The molecule has 0 spiro atoms. The summed E-state index contributed by atoms with van der Waals surface area (Å²) < 4.78 is 14.7. The molecule has 3 nitrogen and oxygen atoms in total. The van der Waals surface area contributed by atoms with Gasteiger partial charge in [0.25, 0.3) is 0 Å². The van der Waals surface area contributed by atoms with E-state index >= 15 is 0 Å². The average molecular weight is 254 g/mol. The number of aromatic nitrogens is 2. The van der Waals surface area contributed by atoms with E-state index < -0.39 is 0 Å². The molecule has 3 aromatic rings. The van der Waals surface area contributed by atoms with Crippen LogP contribution in [-0.4, -0.2) is 15.9 Å². The molecule has 2 aromatic heterocycles. The summed E-state index contributed by atoms with van der Waals surface area (Å²) in [6, 6.07) is 9.92. The zero-order chi connectivity index (χ0) is 13.4. The maximum absolute atomic E-state index is 13.0. The van der Waals surface area contributed by atoms with Crippen LogP contribution in [0.25, 0.3) is 16.6 Å². The van der Waals surface area contributed by atoms with E-state index in [1.807, 2.05) is 25.3 Å². The minimum atomic E-state index is -0.302. The van der Waals surface area contributed by atoms with Gasteiger partial charge in [0, 0.05) is 11.8 Å². The van der Waals surface area contributed by atoms with Crippen molar-refractivity contribution >= 4 is 11.8 Å². The molecule has 0 aliphatic heterocycles. The van der Waals surface area contributed by atoms with Crippen LogP contribution in [0.4, 0.5) is 4.39 Å². The molecule has 1 aromatic carbocycles. The Morgan fingerprint density at radius 1 is 1.16 bits per heavy atom. The van der Waals surface area contributed by atoms with E-state index in [-0.39, 0.29) is 5.82 Å². The number of fused-ring (bicyclic) bond motifs is 1. The minimum Gasteiger partial charge on any atom is -0.296 e. The summed E-state index contributed by atoms with van der Waals surface area (Å²) in [5.41, 5.74) is 3.76. The molecule has 0 bridgehead atoms. The Kier molecular flexibility index (Phi) is 2.63. The number of carbonyl (C=O) groups excluding carboxylic acids is 1. The van der Waals surface area contributed by atoms with E-state index in [0.717, 1.165) is 28.5 Å². The quantitative estimate of drug-likeness (QED) is 0.658. The third-order valence-corrected chi connectivity index (χ3v) is 3.05. The van der Waals surface area contributed by atoms with Crippen LogP contribution >= 0.6 is 0 Å². The second-order valence-electron chi connectivity index (χ2n) is 4.42. The highest BCUT2D eigenvalue weighted by atomic mass is 19.1. The predicted molar refractivity (Wildman–Crippen MR) is 70.7 cm³/mol. The Morgan fingerprint density at radius 3 is 2.58 bits per heavy atom. The summed E-state index contributed by atoms with van der Waals surface area (Å²) in [4.78, 5) is 11.2. The lowest BCUT2D eigenvalue weighted by Gasteiger charge is -2.01. The van der Waals surface area contributed by atoms with Crippen molar-refractivity contribution in [3.63, 3.8) is 0 Å². The van der Waals surface area contributed by atoms with Crippen molar-refractivity contribution in [1.29, 1.82) is 0 Å². The Balaban J connectivity index is 2.32. The van der Waals surface area contributed by atoms with Crippen LogP contribution in [0.3, 0.4) is 0 Å². The first-order valence-electron chi connectivity index (χ1n) is 5.89. The van der Waals surface area contributed by atoms with Crippen LogP contribution in [0.2, 0.25) is 0 Å². The third kappa shape index (κ3) is 1.91. The standard InChI is InChI=1S/C15H11FN2O/c1-10-2-7-14-15(11-3-5-12(16)6-4-11)13(9-19)17-18(14)8-10/h2-9H,1H3. The second-order valence-corrected chi connectivity index (χ2v) is 4.42. The Labute approximate surface area is 109 Å². The van der Waals surface area contributed by atoms with Crippen LogP contribution in [0.15, 0.2) is 42.6 Å². The minimum absolute atomic E-state index is 0.302. The molecule has 0 fully saturated rings. The van der Waals surface area contributed by atoms with Crippen LogP contribution in [0, 0.1) is 12.7 Å². The Morgan fingerprint density at radius 2 is 1.89 bits per heavy atom. The number of halogens is 1. The van der Waals surface area contributed by atoms with Crippen molar-refractivity contribution < 1.29 is 9.18 Å². The van der Waals surface area contributed by atoms with Gasteiger partial charge in [-0.3, -0.25) is 4.79 Å². The van der Waals surface area contributed by atoms with Crippen molar-refractivity contribution in [2.45, 2.75) is 6.92 Å². The van der Waals surface area contributed by atoms with Gasteiger partial charge in [0.15, 0.2) is 6.29 Å². The lowest BCUT2D eigenvalue weighted by molar-refractivity contribution is 0.111. The van der Waals surface area contributed by atoms with E-state index in [1.54, 1.807) is 16.6 Å². The fraction of sp³-hybridized carbons (Fsp3) is 0.0667. The molecule has 0 aliphatic rings. The summed E-state index contributed by atoms with van der Waals surface area (Å²) in [5, 5.41) is 4.25. The van der Waals surface area contributed by atoms with E-state index in [0.29, 0.717) is 5.69 Å². The number of rotatable bonds is 2. The van der Waals surface area contributed by atoms with Gasteiger partial charge in [0.1, 0.15) is 11.5 Å². The van der Waals surface area contributed by atoms with Crippen molar-refractivity contribution in [3.05, 3.63) is 59.7 Å². The summed E-state index contributed by atoms with van der Waals surface area (Å²) in [6.07, 6.45) is 2.58. The van der Waals surface area contributed by atoms with E-state index in [4.69, 9.17) is 0 Å². The molecule has 0 atom stereocenters. The van der Waals surface area contributed by atoms with Gasteiger partial charge in [-0.25, -0.2) is 8.91 Å². The number of hydrogen-bond donors (Lipinski definition) is 0. The summed E-state index contributed by atoms with van der Waals surface area (Å²) >= 11 is 0. The number of carbonyl (C=O) groups is 1. The van der Waals surface area contributed by atoms with Gasteiger partial charge < -0.3 is 0 Å². The maximum Gasteiger partial charge on any atom is 0.170 e. The molecule has 2 heterocycles. The predicted octanol–water partition coefficient (Wildman–Crippen LogP) is 3.26. The molecular formula is C15H11FN2O. The van der Waals surface area contributed by atoms with Gasteiger partial charge in [-0.15, -0.1) is 0 Å². The van der Waals surface area contributed by atoms with Crippen LogP contribution in [0.5, 0.6) is 0 Å². The second kappa shape index (κ2) is 4.31. The van der Waals surface area contributed by atoms with E-state index in [9.17, 15) is 9.18 Å². The summed E-state index contributed by atoms with van der Waals surface area (Å²) in [5.74, 6) is -0.302. The number of aryl methyl sites for hydroxylation is 1. The molecule has 0 unspecified atom stereocenters. The van der Waals surface area contributed by atoms with E-state index in [2.05, 4.69) is 5.10 Å². The molecule has 0 saturated heterocycles. The normalized spacial score (nSPS) is 10.8. The molecule has 4 heteroatoms. The highest BCUT2D eigenvalue weighted by Crippen LogP contribution is 2.28. The number of hydrogen-bond acceptors (Lipinski definition) is 2. The molecule has 0 aliphatic carbocycles. The third-order valence-electron chi connectivity index (χ3n) is 3.05. The fourth-order valence-electron chi connectivity index (χ4n) is 2.16. The topological polar surface area (TPSA) is 34.4 Å². The number of aldehydes is 1. The van der Waals surface area contributed by atoms with Crippen LogP contribution < -0.4 is 0 Å². The molecule has 0 amide bonds. The van der Waals surface area contributed by atoms with Gasteiger partial charge in [0.2, 0.25) is 0 Å². The number of benzene rings is 1. The smallest absolute Gasteiger partial charge is 0.170 e. The highest BCUT2D eigenvalue weighted by molar-refractivity contribution is 5.93. The lowest BCUT2D eigenvalue weighted by Crippen LogP contribution is -1.88. The first-order chi connectivity index (χ1) is 9.19. The number of pyridine rings is 1. The Hall–Kier alpha value is -2.49. The van der Waals surface area contributed by atoms with Crippen molar-refractivity contribution in [1.82, 2.24) is 9.61 Å². The van der Waals surface area contributed by atoms with Crippen molar-refractivity contribution in [2.24, 2.45) is 0 Å². The van der Waals surface area contributed by atoms with Crippen LogP contribution in [-0.2, 0) is 0 Å². The van der Waals surface area contributed by atoms with E-state index in [1.165, 1.54) is 12.1 Å². The molecule has 0 N–H and O–H groups in total. The number of nitrogens with zero attached hydrogens (tertiary/aromatic N) is 2. The zero-order valence-corrected chi connectivity index (χ0v) is 10.3. The van der Waals surface area contributed by atoms with Gasteiger partial charge in [0.05, 0.1) is 5.52 Å². The zero-order valence-electron chi connectivity index (χ0n) is 10.3. The average Bonchev–Trinajstić information content (AvgIpc) is 2.77.